The van der Waals surface area contributed by atoms with Gasteiger partial charge in [-0.25, -0.2) is 0 Å². The monoisotopic (exact) mass is 401 g/mol. The third kappa shape index (κ3) is 5.30. The Morgan fingerprint density at radius 3 is 2.40 bits per heavy atom. The number of methoxy groups -OCH3 is 2. The zero-order valence-corrected chi connectivity index (χ0v) is 17.0. The van der Waals surface area contributed by atoms with Gasteiger partial charge in [-0.05, 0) is 35.9 Å². The molecule has 0 fully saturated rings. The lowest BCUT2D eigenvalue weighted by atomic mass is 10.1. The highest BCUT2D eigenvalue weighted by molar-refractivity contribution is 5.80. The van der Waals surface area contributed by atoms with Gasteiger partial charge in [0.25, 0.3) is 0 Å². The van der Waals surface area contributed by atoms with Gasteiger partial charge in [0.15, 0.2) is 11.5 Å². The van der Waals surface area contributed by atoms with Crippen molar-refractivity contribution in [2.45, 2.75) is 13.2 Å². The number of benzene rings is 3. The number of ether oxygens (including phenoxy) is 3. The van der Waals surface area contributed by atoms with Crippen molar-refractivity contribution in [3.8, 4) is 23.3 Å². The first-order valence-electron chi connectivity index (χ1n) is 9.42. The maximum absolute atomic E-state index is 9.20. The number of nitrogens with one attached hydrogen (secondary N) is 1. The molecule has 6 heteroatoms. The minimum Gasteiger partial charge on any atom is -0.496 e. The van der Waals surface area contributed by atoms with E-state index in [4.69, 9.17) is 14.2 Å². The van der Waals surface area contributed by atoms with Crippen LogP contribution in [0.15, 0.2) is 71.8 Å². The van der Waals surface area contributed by atoms with E-state index < -0.39 is 0 Å². The number of hydrogen-bond acceptors (Lipinski definition) is 6. The van der Waals surface area contributed by atoms with Gasteiger partial charge in [-0.15, -0.1) is 0 Å². The van der Waals surface area contributed by atoms with Crippen molar-refractivity contribution >= 4 is 6.21 Å². The van der Waals surface area contributed by atoms with Crippen molar-refractivity contribution in [3.05, 3.63) is 89.0 Å². The molecule has 0 unspecified atom stereocenters. The topological polar surface area (TPSA) is 75.9 Å². The second kappa shape index (κ2) is 10.5. The summed E-state index contributed by atoms with van der Waals surface area (Å²) in [5.41, 5.74) is 6.34. The summed E-state index contributed by atoms with van der Waals surface area (Å²) in [4.78, 5) is 0. The molecule has 0 heterocycles. The van der Waals surface area contributed by atoms with E-state index in [2.05, 4.69) is 16.6 Å². The zero-order valence-electron chi connectivity index (χ0n) is 17.0. The molecule has 3 aromatic rings. The Hall–Kier alpha value is -3.98. The summed E-state index contributed by atoms with van der Waals surface area (Å²) in [7, 11) is 3.24. The molecular formula is C24H23N3O3. The molecule has 1 N–H and O–H groups in total. The van der Waals surface area contributed by atoms with Crippen molar-refractivity contribution in [1.29, 1.82) is 5.26 Å². The summed E-state index contributed by atoms with van der Waals surface area (Å²) in [5, 5.41) is 13.5. The number of nitrogens with zero attached hydrogens (tertiary/aromatic N) is 2. The first-order valence-corrected chi connectivity index (χ1v) is 9.42. The first kappa shape index (κ1) is 20.7. The third-order valence-corrected chi connectivity index (χ3v) is 4.48. The molecule has 3 aromatic carbocycles. The van der Waals surface area contributed by atoms with Crippen LogP contribution >= 0.6 is 0 Å². The Kier molecular flexibility index (Phi) is 7.28. The zero-order chi connectivity index (χ0) is 21.2. The van der Waals surface area contributed by atoms with Crippen LogP contribution in [-0.2, 0) is 13.2 Å². The molecule has 0 radical (unpaired) electrons. The quantitative estimate of drug-likeness (QED) is 0.428. The molecule has 30 heavy (non-hydrogen) atoms. The fraction of sp³-hybridized carbons (Fsp3) is 0.167. The van der Waals surface area contributed by atoms with Crippen LogP contribution in [0.25, 0.3) is 0 Å². The highest BCUT2D eigenvalue weighted by Gasteiger charge is 2.08. The predicted molar refractivity (Wildman–Crippen MR) is 116 cm³/mol. The molecule has 0 aromatic heterocycles. The second-order valence-electron chi connectivity index (χ2n) is 6.37. The molecule has 3 rings (SSSR count). The number of para-hydroxylation sites is 1. The van der Waals surface area contributed by atoms with Gasteiger partial charge in [-0.1, -0.05) is 36.4 Å². The van der Waals surface area contributed by atoms with Crippen LogP contribution in [0.4, 0.5) is 0 Å². The molecule has 6 nitrogen and oxygen atoms in total. The van der Waals surface area contributed by atoms with Crippen LogP contribution in [0.2, 0.25) is 0 Å². The van der Waals surface area contributed by atoms with Crippen molar-refractivity contribution in [3.63, 3.8) is 0 Å². The summed E-state index contributed by atoms with van der Waals surface area (Å²) < 4.78 is 16.7. The van der Waals surface area contributed by atoms with Crippen molar-refractivity contribution in [2.24, 2.45) is 5.10 Å². The summed E-state index contributed by atoms with van der Waals surface area (Å²) in [6.07, 6.45) is 1.71. The van der Waals surface area contributed by atoms with Gasteiger partial charge < -0.3 is 19.6 Å². The SMILES string of the molecule is COc1ccccc1CN/N=C\c1ccc(OCc2ccccc2C#N)c(OC)c1. The normalized spacial score (nSPS) is 10.4. The van der Waals surface area contributed by atoms with E-state index in [-0.39, 0.29) is 6.61 Å². The molecule has 0 aliphatic carbocycles. The summed E-state index contributed by atoms with van der Waals surface area (Å²) in [5.74, 6) is 2.02. The number of hydrazone groups is 1. The standard InChI is InChI=1S/C24H23N3O3/c1-28-22-10-6-5-8-20(22)16-27-26-15-18-11-12-23(24(13-18)29-2)30-17-21-9-4-3-7-19(21)14-25/h3-13,15,27H,16-17H2,1-2H3/b26-15-. The van der Waals surface area contributed by atoms with E-state index in [9.17, 15) is 5.26 Å². The van der Waals surface area contributed by atoms with Gasteiger partial charge in [0.2, 0.25) is 0 Å². The molecule has 0 bridgehead atoms. The van der Waals surface area contributed by atoms with Gasteiger partial charge >= 0.3 is 0 Å². The van der Waals surface area contributed by atoms with Crippen LogP contribution in [-0.4, -0.2) is 20.4 Å². The summed E-state index contributed by atoms with van der Waals surface area (Å²) in [6, 6.07) is 22.9. The van der Waals surface area contributed by atoms with Crippen LogP contribution < -0.4 is 19.6 Å². The van der Waals surface area contributed by atoms with Gasteiger partial charge in [-0.3, -0.25) is 0 Å². The lowest BCUT2D eigenvalue weighted by Gasteiger charge is -2.12. The van der Waals surface area contributed by atoms with Gasteiger partial charge in [0.05, 0.1) is 38.6 Å². The lowest BCUT2D eigenvalue weighted by molar-refractivity contribution is 0.284. The van der Waals surface area contributed by atoms with E-state index in [1.165, 1.54) is 0 Å². The fourth-order valence-electron chi connectivity index (χ4n) is 2.89. The number of nitriles is 1. The van der Waals surface area contributed by atoms with Gasteiger partial charge in [-0.2, -0.15) is 10.4 Å². The van der Waals surface area contributed by atoms with Crippen molar-refractivity contribution in [1.82, 2.24) is 5.43 Å². The van der Waals surface area contributed by atoms with Crippen LogP contribution in [0.1, 0.15) is 22.3 Å². The smallest absolute Gasteiger partial charge is 0.161 e. The number of rotatable bonds is 9. The summed E-state index contributed by atoms with van der Waals surface area (Å²) >= 11 is 0. The highest BCUT2D eigenvalue weighted by Crippen LogP contribution is 2.28. The lowest BCUT2D eigenvalue weighted by Crippen LogP contribution is -2.07. The largest absolute Gasteiger partial charge is 0.496 e. The minimum absolute atomic E-state index is 0.286. The van der Waals surface area contributed by atoms with Crippen molar-refractivity contribution < 1.29 is 14.2 Å². The van der Waals surface area contributed by atoms with Crippen molar-refractivity contribution in [2.75, 3.05) is 14.2 Å². The molecule has 0 atom stereocenters. The van der Waals surface area contributed by atoms with Gasteiger partial charge in [0, 0.05) is 11.1 Å². The Labute approximate surface area is 176 Å². The molecule has 0 amide bonds. The Morgan fingerprint density at radius 2 is 1.63 bits per heavy atom. The van der Waals surface area contributed by atoms with Gasteiger partial charge in [0.1, 0.15) is 12.4 Å². The third-order valence-electron chi connectivity index (χ3n) is 4.48. The van der Waals surface area contributed by atoms with E-state index in [0.717, 1.165) is 22.4 Å². The van der Waals surface area contributed by atoms with Crippen LogP contribution in [0.3, 0.4) is 0 Å². The summed E-state index contributed by atoms with van der Waals surface area (Å²) in [6.45, 7) is 0.838. The Bertz CT molecular complexity index is 1060. The maximum atomic E-state index is 9.20. The second-order valence-corrected chi connectivity index (χ2v) is 6.37. The molecule has 0 saturated heterocycles. The molecule has 0 aliphatic heterocycles. The van der Waals surface area contributed by atoms with E-state index >= 15 is 0 Å². The number of hydrogen-bond donors (Lipinski definition) is 1. The maximum Gasteiger partial charge on any atom is 0.161 e. The van der Waals surface area contributed by atoms with Crippen LogP contribution in [0, 0.1) is 11.3 Å². The fourth-order valence-corrected chi connectivity index (χ4v) is 2.89. The first-order chi connectivity index (χ1) is 14.7. The van der Waals surface area contributed by atoms with E-state index in [1.54, 1.807) is 26.5 Å². The average Bonchev–Trinajstić information content (AvgIpc) is 2.81. The Morgan fingerprint density at radius 1 is 0.900 bits per heavy atom. The van der Waals surface area contributed by atoms with E-state index in [1.807, 2.05) is 60.7 Å². The average molecular weight is 401 g/mol. The van der Waals surface area contributed by atoms with E-state index in [0.29, 0.717) is 23.6 Å². The predicted octanol–water partition coefficient (Wildman–Crippen LogP) is 4.28. The Balaban J connectivity index is 1.62. The highest BCUT2D eigenvalue weighted by atomic mass is 16.5. The molecule has 0 spiro atoms. The van der Waals surface area contributed by atoms with Crippen LogP contribution in [0.5, 0.6) is 17.2 Å². The molecule has 0 saturated carbocycles. The molecule has 0 aliphatic rings. The molecular weight excluding hydrogens is 378 g/mol. The molecule has 152 valence electrons. The minimum atomic E-state index is 0.286.